The standard InChI is InChI=1S/C28H31N5O2/c1-4-21-13-14-22(17-25(21)35-3)24-18-29-23-15-16-26(32-27(23)31-24)33-28(34)30-19(2)9-8-12-20-10-6-5-7-11-20/h5-7,10-11,13-19H,4,8-9,12H2,1-3H3,(H2,30,31,32,33,34)/t19-/m1/s1. The number of rotatable bonds is 9. The number of fused-ring (bicyclic) bond motifs is 1. The van der Waals surface area contributed by atoms with E-state index in [0.29, 0.717) is 22.7 Å². The van der Waals surface area contributed by atoms with Gasteiger partial charge in [0.15, 0.2) is 5.65 Å². The zero-order valence-corrected chi connectivity index (χ0v) is 20.4. The monoisotopic (exact) mass is 469 g/mol. The number of carbonyl (C=O) groups excluding carboxylic acids is 1. The minimum Gasteiger partial charge on any atom is -0.496 e. The van der Waals surface area contributed by atoms with Crippen molar-refractivity contribution in [3.8, 4) is 17.0 Å². The van der Waals surface area contributed by atoms with Gasteiger partial charge in [-0.05, 0) is 61.9 Å². The van der Waals surface area contributed by atoms with Gasteiger partial charge in [0, 0.05) is 11.6 Å². The number of amides is 2. The summed E-state index contributed by atoms with van der Waals surface area (Å²) in [6.07, 6.45) is 5.50. The summed E-state index contributed by atoms with van der Waals surface area (Å²) in [7, 11) is 1.67. The van der Waals surface area contributed by atoms with Crippen LogP contribution in [0.5, 0.6) is 5.75 Å². The van der Waals surface area contributed by atoms with Crippen LogP contribution in [0.2, 0.25) is 0 Å². The van der Waals surface area contributed by atoms with Gasteiger partial charge >= 0.3 is 6.03 Å². The second-order valence-corrected chi connectivity index (χ2v) is 8.55. The Labute approximate surface area is 206 Å². The number of aromatic nitrogens is 3. The van der Waals surface area contributed by atoms with Crippen molar-refractivity contribution < 1.29 is 9.53 Å². The fourth-order valence-corrected chi connectivity index (χ4v) is 4.01. The highest BCUT2D eigenvalue weighted by Gasteiger charge is 2.11. The number of benzene rings is 2. The molecule has 0 aliphatic rings. The Kier molecular flexibility index (Phi) is 7.88. The van der Waals surface area contributed by atoms with E-state index in [1.165, 1.54) is 5.56 Å². The second-order valence-electron chi connectivity index (χ2n) is 8.55. The fraction of sp³-hybridized carbons (Fsp3) is 0.286. The van der Waals surface area contributed by atoms with E-state index >= 15 is 0 Å². The van der Waals surface area contributed by atoms with Gasteiger partial charge in [-0.25, -0.2) is 14.8 Å². The summed E-state index contributed by atoms with van der Waals surface area (Å²) in [5.74, 6) is 1.25. The third-order valence-corrected chi connectivity index (χ3v) is 5.94. The summed E-state index contributed by atoms with van der Waals surface area (Å²) in [5.41, 5.74) is 5.16. The molecule has 0 saturated heterocycles. The zero-order chi connectivity index (χ0) is 24.6. The average Bonchev–Trinajstić information content (AvgIpc) is 2.88. The van der Waals surface area contributed by atoms with E-state index in [0.717, 1.165) is 42.6 Å². The van der Waals surface area contributed by atoms with Gasteiger partial charge in [-0.15, -0.1) is 0 Å². The van der Waals surface area contributed by atoms with Crippen molar-refractivity contribution in [2.24, 2.45) is 0 Å². The molecule has 7 heteroatoms. The number of nitrogens with one attached hydrogen (secondary N) is 2. The lowest BCUT2D eigenvalue weighted by Crippen LogP contribution is -2.36. The maximum atomic E-state index is 12.5. The summed E-state index contributed by atoms with van der Waals surface area (Å²) in [6.45, 7) is 4.10. The molecule has 0 bridgehead atoms. The second kappa shape index (κ2) is 11.4. The van der Waals surface area contributed by atoms with Crippen LogP contribution in [0, 0.1) is 0 Å². The summed E-state index contributed by atoms with van der Waals surface area (Å²) in [6, 6.07) is 19.7. The quantitative estimate of drug-likeness (QED) is 0.324. The highest BCUT2D eigenvalue weighted by atomic mass is 16.5. The number of hydrogen-bond acceptors (Lipinski definition) is 5. The Bertz CT molecular complexity index is 1290. The van der Waals surface area contributed by atoms with Crippen molar-refractivity contribution in [2.75, 3.05) is 12.4 Å². The van der Waals surface area contributed by atoms with Crippen molar-refractivity contribution in [1.29, 1.82) is 0 Å². The van der Waals surface area contributed by atoms with E-state index < -0.39 is 0 Å². The van der Waals surface area contributed by atoms with Crippen molar-refractivity contribution in [1.82, 2.24) is 20.3 Å². The molecular formula is C28H31N5O2. The maximum absolute atomic E-state index is 12.5. The molecule has 0 aliphatic heterocycles. The largest absolute Gasteiger partial charge is 0.496 e. The molecule has 35 heavy (non-hydrogen) atoms. The van der Waals surface area contributed by atoms with Gasteiger partial charge in [0.25, 0.3) is 0 Å². The van der Waals surface area contributed by atoms with Gasteiger partial charge in [0.2, 0.25) is 0 Å². The number of nitrogens with zero attached hydrogens (tertiary/aromatic N) is 3. The Morgan fingerprint density at radius 1 is 1.06 bits per heavy atom. The summed E-state index contributed by atoms with van der Waals surface area (Å²) in [5, 5.41) is 5.80. The van der Waals surface area contributed by atoms with Crippen molar-refractivity contribution in [2.45, 2.75) is 45.6 Å². The first-order valence-electron chi connectivity index (χ1n) is 12.0. The van der Waals surface area contributed by atoms with E-state index in [2.05, 4.69) is 44.6 Å². The van der Waals surface area contributed by atoms with Gasteiger partial charge in [-0.3, -0.25) is 10.3 Å². The molecule has 2 aromatic heterocycles. The van der Waals surface area contributed by atoms with Crippen LogP contribution >= 0.6 is 0 Å². The summed E-state index contributed by atoms with van der Waals surface area (Å²) in [4.78, 5) is 26.2. The molecule has 0 radical (unpaired) electrons. The first-order valence-corrected chi connectivity index (χ1v) is 12.0. The topological polar surface area (TPSA) is 89.0 Å². The van der Waals surface area contributed by atoms with E-state index in [9.17, 15) is 4.79 Å². The lowest BCUT2D eigenvalue weighted by Gasteiger charge is -2.14. The Balaban J connectivity index is 1.39. The van der Waals surface area contributed by atoms with Gasteiger partial charge in [0.1, 0.15) is 17.1 Å². The number of ether oxygens (including phenoxy) is 1. The summed E-state index contributed by atoms with van der Waals surface area (Å²) < 4.78 is 5.51. The highest BCUT2D eigenvalue weighted by molar-refractivity contribution is 5.89. The number of urea groups is 1. The SMILES string of the molecule is CCc1ccc(-c2cnc3ccc(NC(=O)N[C@H](C)CCCc4ccccc4)nc3n2)cc1OC. The van der Waals surface area contributed by atoms with Crippen LogP contribution in [-0.2, 0) is 12.8 Å². The number of aryl methyl sites for hydroxylation is 2. The fourth-order valence-electron chi connectivity index (χ4n) is 4.01. The molecule has 0 unspecified atom stereocenters. The van der Waals surface area contributed by atoms with Crippen LogP contribution in [0.3, 0.4) is 0 Å². The summed E-state index contributed by atoms with van der Waals surface area (Å²) >= 11 is 0. The minimum atomic E-state index is -0.284. The molecule has 0 saturated carbocycles. The Hall–Kier alpha value is -4.00. The third-order valence-electron chi connectivity index (χ3n) is 5.94. The number of anilines is 1. The molecule has 0 aliphatic carbocycles. The van der Waals surface area contributed by atoms with Gasteiger partial charge < -0.3 is 10.1 Å². The molecule has 4 aromatic rings. The predicted octanol–water partition coefficient (Wildman–Crippen LogP) is 5.80. The number of methoxy groups -OCH3 is 1. The first kappa shape index (κ1) is 24.1. The predicted molar refractivity (Wildman–Crippen MR) is 140 cm³/mol. The molecule has 0 spiro atoms. The molecular weight excluding hydrogens is 438 g/mol. The van der Waals surface area contributed by atoms with Gasteiger partial charge in [0.05, 0.1) is 19.0 Å². The average molecular weight is 470 g/mol. The number of pyridine rings is 1. The van der Waals surface area contributed by atoms with E-state index in [4.69, 9.17) is 4.74 Å². The van der Waals surface area contributed by atoms with Crippen molar-refractivity contribution in [3.05, 3.63) is 78.0 Å². The van der Waals surface area contributed by atoms with Crippen LogP contribution in [0.1, 0.15) is 37.8 Å². The lowest BCUT2D eigenvalue weighted by atomic mass is 10.1. The molecule has 180 valence electrons. The number of carbonyl (C=O) groups is 1. The third kappa shape index (κ3) is 6.32. The van der Waals surface area contributed by atoms with E-state index in [1.807, 2.05) is 43.3 Å². The molecule has 1 atom stereocenters. The van der Waals surface area contributed by atoms with E-state index in [1.54, 1.807) is 25.4 Å². The molecule has 2 N–H and O–H groups in total. The van der Waals surface area contributed by atoms with Crippen molar-refractivity contribution in [3.63, 3.8) is 0 Å². The van der Waals surface area contributed by atoms with Crippen LogP contribution in [0.25, 0.3) is 22.4 Å². The minimum absolute atomic E-state index is 0.0478. The van der Waals surface area contributed by atoms with Gasteiger partial charge in [-0.1, -0.05) is 49.4 Å². The molecule has 2 amide bonds. The molecule has 2 heterocycles. The normalized spacial score (nSPS) is 11.7. The van der Waals surface area contributed by atoms with E-state index in [-0.39, 0.29) is 12.1 Å². The molecule has 0 fully saturated rings. The Morgan fingerprint density at radius 2 is 1.89 bits per heavy atom. The highest BCUT2D eigenvalue weighted by Crippen LogP contribution is 2.27. The molecule has 7 nitrogen and oxygen atoms in total. The van der Waals surface area contributed by atoms with Crippen LogP contribution in [0.4, 0.5) is 10.6 Å². The first-order chi connectivity index (χ1) is 17.1. The van der Waals surface area contributed by atoms with Crippen LogP contribution in [-0.4, -0.2) is 34.1 Å². The lowest BCUT2D eigenvalue weighted by molar-refractivity contribution is 0.248. The zero-order valence-electron chi connectivity index (χ0n) is 20.4. The Morgan fingerprint density at radius 3 is 2.66 bits per heavy atom. The smallest absolute Gasteiger partial charge is 0.320 e. The number of hydrogen-bond donors (Lipinski definition) is 2. The molecule has 4 rings (SSSR count). The van der Waals surface area contributed by atoms with Crippen LogP contribution < -0.4 is 15.4 Å². The van der Waals surface area contributed by atoms with Gasteiger partial charge in [-0.2, -0.15) is 0 Å². The maximum Gasteiger partial charge on any atom is 0.320 e. The van der Waals surface area contributed by atoms with Crippen molar-refractivity contribution >= 4 is 23.0 Å². The molecule has 2 aromatic carbocycles. The van der Waals surface area contributed by atoms with Crippen LogP contribution in [0.15, 0.2) is 66.9 Å².